The second-order valence-corrected chi connectivity index (χ2v) is 6.53. The number of halogens is 1. The van der Waals surface area contributed by atoms with Gasteiger partial charge in [-0.15, -0.1) is 0 Å². The van der Waals surface area contributed by atoms with E-state index in [1.807, 2.05) is 12.1 Å². The topological polar surface area (TPSA) is 34.4 Å². The quantitative estimate of drug-likeness (QED) is 0.674. The number of rotatable bonds is 8. The molecule has 0 aliphatic rings. The van der Waals surface area contributed by atoms with E-state index in [-0.39, 0.29) is 0 Å². The van der Waals surface area contributed by atoms with Gasteiger partial charge < -0.3 is 14.5 Å². The Hall–Kier alpha value is -1.10. The fourth-order valence-corrected chi connectivity index (χ4v) is 2.40. The number of hydrogen-bond donors (Lipinski definition) is 1. The third-order valence-corrected chi connectivity index (χ3v) is 4.24. The number of hydrogen-bond acceptors (Lipinski definition) is 3. The van der Waals surface area contributed by atoms with Crippen LogP contribution in [0.25, 0.3) is 11.3 Å². The summed E-state index contributed by atoms with van der Waals surface area (Å²) in [5, 5.41) is 3.38. The minimum Gasteiger partial charge on any atom is -0.460 e. The van der Waals surface area contributed by atoms with Crippen LogP contribution >= 0.6 is 15.9 Å². The zero-order chi connectivity index (χ0) is 15.9. The molecule has 0 unspecified atom stereocenters. The Kier molecular flexibility index (Phi) is 6.68. The van der Waals surface area contributed by atoms with Gasteiger partial charge in [-0.1, -0.05) is 22.0 Å². The van der Waals surface area contributed by atoms with Crippen molar-refractivity contribution in [2.45, 2.75) is 39.8 Å². The summed E-state index contributed by atoms with van der Waals surface area (Å²) in [5.74, 6) is 1.87. The molecular weight excluding hydrogens is 342 g/mol. The average Bonchev–Trinajstić information content (AvgIpc) is 2.94. The Balaban J connectivity index is 1.80. The molecule has 120 valence electrons. The molecular formula is C18H24BrNO2. The number of nitrogens with one attached hydrogen (secondary N) is 1. The molecule has 1 heterocycles. The van der Waals surface area contributed by atoms with Gasteiger partial charge in [0.25, 0.3) is 0 Å². The van der Waals surface area contributed by atoms with Gasteiger partial charge >= 0.3 is 0 Å². The molecule has 22 heavy (non-hydrogen) atoms. The lowest BCUT2D eigenvalue weighted by Crippen LogP contribution is -2.17. The van der Waals surface area contributed by atoms with Gasteiger partial charge in [-0.05, 0) is 63.6 Å². The van der Waals surface area contributed by atoms with E-state index in [0.717, 1.165) is 47.7 Å². The van der Waals surface area contributed by atoms with Crippen molar-refractivity contribution in [2.75, 3.05) is 13.2 Å². The lowest BCUT2D eigenvalue weighted by molar-refractivity contribution is 0.0770. The number of ether oxygens (including phenoxy) is 1. The van der Waals surface area contributed by atoms with Crippen molar-refractivity contribution in [3.8, 4) is 11.3 Å². The molecule has 0 bridgehead atoms. The van der Waals surface area contributed by atoms with E-state index in [1.165, 1.54) is 5.56 Å². The average molecular weight is 366 g/mol. The first-order valence-electron chi connectivity index (χ1n) is 7.74. The summed E-state index contributed by atoms with van der Waals surface area (Å²) < 4.78 is 12.5. The minimum atomic E-state index is 0.307. The fourth-order valence-electron chi connectivity index (χ4n) is 2.15. The third-order valence-electron chi connectivity index (χ3n) is 3.35. The SMILES string of the molecule is Cc1cc(-c2ccc(CNCCCOC(C)C)o2)ccc1Br. The van der Waals surface area contributed by atoms with Gasteiger partial charge in [0, 0.05) is 16.6 Å². The number of furan rings is 1. The van der Waals surface area contributed by atoms with Crippen molar-refractivity contribution in [1.82, 2.24) is 5.32 Å². The van der Waals surface area contributed by atoms with Crippen LogP contribution in [0.2, 0.25) is 0 Å². The zero-order valence-corrected chi connectivity index (χ0v) is 15.1. The van der Waals surface area contributed by atoms with Crippen molar-refractivity contribution in [3.05, 3.63) is 46.1 Å². The Morgan fingerprint density at radius 2 is 2.05 bits per heavy atom. The molecule has 2 aromatic rings. The van der Waals surface area contributed by atoms with Crippen LogP contribution in [0, 0.1) is 6.92 Å². The molecule has 0 aliphatic carbocycles. The van der Waals surface area contributed by atoms with Crippen LogP contribution in [-0.4, -0.2) is 19.3 Å². The summed E-state index contributed by atoms with van der Waals surface area (Å²) in [7, 11) is 0. The van der Waals surface area contributed by atoms with Crippen molar-refractivity contribution in [2.24, 2.45) is 0 Å². The molecule has 1 aromatic heterocycles. The summed E-state index contributed by atoms with van der Waals surface area (Å²) in [4.78, 5) is 0. The summed E-state index contributed by atoms with van der Waals surface area (Å²) in [6, 6.07) is 10.3. The molecule has 0 spiro atoms. The lowest BCUT2D eigenvalue weighted by Gasteiger charge is -2.07. The van der Waals surface area contributed by atoms with E-state index in [0.29, 0.717) is 6.10 Å². The van der Waals surface area contributed by atoms with Crippen LogP contribution in [0.15, 0.2) is 39.2 Å². The van der Waals surface area contributed by atoms with Crippen LogP contribution in [0.3, 0.4) is 0 Å². The largest absolute Gasteiger partial charge is 0.460 e. The number of benzene rings is 1. The van der Waals surface area contributed by atoms with Crippen molar-refractivity contribution in [3.63, 3.8) is 0 Å². The van der Waals surface area contributed by atoms with Gasteiger partial charge in [0.05, 0.1) is 12.6 Å². The van der Waals surface area contributed by atoms with Crippen molar-refractivity contribution >= 4 is 15.9 Å². The third kappa shape index (κ3) is 5.27. The van der Waals surface area contributed by atoms with Gasteiger partial charge in [0.2, 0.25) is 0 Å². The number of aryl methyl sites for hydroxylation is 1. The Morgan fingerprint density at radius 1 is 1.23 bits per heavy atom. The van der Waals surface area contributed by atoms with E-state index >= 15 is 0 Å². The van der Waals surface area contributed by atoms with Gasteiger partial charge in [0.15, 0.2) is 0 Å². The monoisotopic (exact) mass is 365 g/mol. The summed E-state index contributed by atoms with van der Waals surface area (Å²) >= 11 is 3.52. The first-order chi connectivity index (χ1) is 10.6. The van der Waals surface area contributed by atoms with E-state index in [2.05, 4.69) is 60.2 Å². The minimum absolute atomic E-state index is 0.307. The first-order valence-corrected chi connectivity index (χ1v) is 8.53. The van der Waals surface area contributed by atoms with Crippen LogP contribution in [-0.2, 0) is 11.3 Å². The lowest BCUT2D eigenvalue weighted by atomic mass is 10.1. The maximum atomic E-state index is 5.90. The summed E-state index contributed by atoms with van der Waals surface area (Å²) in [5.41, 5.74) is 2.32. The van der Waals surface area contributed by atoms with Crippen LogP contribution in [0.4, 0.5) is 0 Å². The zero-order valence-electron chi connectivity index (χ0n) is 13.5. The summed E-state index contributed by atoms with van der Waals surface area (Å²) in [6.45, 7) is 8.67. The van der Waals surface area contributed by atoms with E-state index < -0.39 is 0 Å². The van der Waals surface area contributed by atoms with Crippen molar-refractivity contribution < 1.29 is 9.15 Å². The molecule has 0 fully saturated rings. The molecule has 1 N–H and O–H groups in total. The molecule has 0 saturated heterocycles. The molecule has 0 amide bonds. The van der Waals surface area contributed by atoms with E-state index in [9.17, 15) is 0 Å². The Labute approximate surface area is 141 Å². The highest BCUT2D eigenvalue weighted by molar-refractivity contribution is 9.10. The second-order valence-electron chi connectivity index (χ2n) is 5.68. The standard InChI is InChI=1S/C18H24BrNO2/c1-13(2)21-10-4-9-20-12-16-6-8-18(22-16)15-5-7-17(19)14(3)11-15/h5-8,11,13,20H,4,9-10,12H2,1-3H3. The van der Waals surface area contributed by atoms with Gasteiger partial charge in [-0.25, -0.2) is 0 Å². The smallest absolute Gasteiger partial charge is 0.134 e. The molecule has 1 aromatic carbocycles. The van der Waals surface area contributed by atoms with E-state index in [1.54, 1.807) is 0 Å². The fraction of sp³-hybridized carbons (Fsp3) is 0.444. The van der Waals surface area contributed by atoms with Crippen molar-refractivity contribution in [1.29, 1.82) is 0 Å². The molecule has 0 aliphatic heterocycles. The highest BCUT2D eigenvalue weighted by Gasteiger charge is 2.06. The first kappa shape index (κ1) is 17.3. The van der Waals surface area contributed by atoms with Crippen LogP contribution < -0.4 is 5.32 Å². The maximum Gasteiger partial charge on any atom is 0.134 e. The predicted molar refractivity (Wildman–Crippen MR) is 94.0 cm³/mol. The van der Waals surface area contributed by atoms with Gasteiger partial charge in [0.1, 0.15) is 11.5 Å². The Bertz CT molecular complexity index is 593. The normalized spacial score (nSPS) is 11.3. The highest BCUT2D eigenvalue weighted by atomic mass is 79.9. The Morgan fingerprint density at radius 3 is 2.77 bits per heavy atom. The molecule has 0 radical (unpaired) electrons. The molecule has 0 saturated carbocycles. The molecule has 2 rings (SSSR count). The summed E-state index contributed by atoms with van der Waals surface area (Å²) in [6.07, 6.45) is 1.32. The molecule has 0 atom stereocenters. The van der Waals surface area contributed by atoms with Gasteiger partial charge in [-0.2, -0.15) is 0 Å². The van der Waals surface area contributed by atoms with Gasteiger partial charge in [-0.3, -0.25) is 0 Å². The maximum absolute atomic E-state index is 5.90. The van der Waals surface area contributed by atoms with Crippen LogP contribution in [0.5, 0.6) is 0 Å². The second kappa shape index (κ2) is 8.51. The molecule has 3 nitrogen and oxygen atoms in total. The predicted octanol–water partition coefficient (Wildman–Crippen LogP) is 4.92. The molecule has 4 heteroatoms. The van der Waals surface area contributed by atoms with Crippen LogP contribution in [0.1, 0.15) is 31.6 Å². The van der Waals surface area contributed by atoms with E-state index in [4.69, 9.17) is 9.15 Å². The highest BCUT2D eigenvalue weighted by Crippen LogP contribution is 2.26.